The van der Waals surface area contributed by atoms with Gasteiger partial charge in [-0.1, -0.05) is 115 Å². The predicted molar refractivity (Wildman–Crippen MR) is 230 cm³/mol. The van der Waals surface area contributed by atoms with Crippen molar-refractivity contribution >= 4 is 65.7 Å². The lowest BCUT2D eigenvalue weighted by molar-refractivity contribution is 0.668. The highest BCUT2D eigenvalue weighted by atomic mass is 16.3. The molecule has 0 aliphatic rings. The first-order valence-electron chi connectivity index (χ1n) is 19.0. The molecule has 0 saturated heterocycles. The number of rotatable bonds is 5. The minimum absolute atomic E-state index is 0.584. The van der Waals surface area contributed by atoms with Crippen LogP contribution in [0.5, 0.6) is 0 Å². The molecule has 0 aliphatic heterocycles. The van der Waals surface area contributed by atoms with Crippen LogP contribution in [-0.2, 0) is 0 Å². The van der Waals surface area contributed by atoms with Gasteiger partial charge in [-0.05, 0) is 77.9 Å². The Kier molecular flexibility index (Phi) is 6.83. The van der Waals surface area contributed by atoms with E-state index in [0.717, 1.165) is 88.4 Å². The molecule has 0 atom stereocenters. The van der Waals surface area contributed by atoms with Crippen LogP contribution in [0.2, 0.25) is 0 Å². The first-order valence-corrected chi connectivity index (χ1v) is 19.0. The molecular formula is C51H30N4O2. The van der Waals surface area contributed by atoms with E-state index >= 15 is 0 Å². The van der Waals surface area contributed by atoms with Crippen LogP contribution in [-0.4, -0.2) is 19.5 Å². The number of aromatic nitrogens is 4. The van der Waals surface area contributed by atoms with Gasteiger partial charge in [-0.2, -0.15) is 0 Å². The van der Waals surface area contributed by atoms with Crippen molar-refractivity contribution < 1.29 is 8.83 Å². The second-order valence-corrected chi connectivity index (χ2v) is 14.4. The Balaban J connectivity index is 0.994. The van der Waals surface area contributed by atoms with E-state index in [4.69, 9.17) is 23.8 Å². The maximum atomic E-state index is 6.26. The van der Waals surface area contributed by atoms with Gasteiger partial charge in [0.15, 0.2) is 17.5 Å². The molecule has 6 nitrogen and oxygen atoms in total. The fraction of sp³-hybridized carbons (Fsp3) is 0. The van der Waals surface area contributed by atoms with Crippen LogP contribution >= 0.6 is 0 Å². The highest BCUT2D eigenvalue weighted by molar-refractivity contribution is 6.15. The highest BCUT2D eigenvalue weighted by Crippen LogP contribution is 2.40. The van der Waals surface area contributed by atoms with Gasteiger partial charge in [0.25, 0.3) is 0 Å². The fourth-order valence-corrected chi connectivity index (χ4v) is 8.41. The molecule has 0 spiro atoms. The first kappa shape index (κ1) is 31.5. The van der Waals surface area contributed by atoms with Crippen LogP contribution in [0.4, 0.5) is 0 Å². The first-order chi connectivity index (χ1) is 28.2. The van der Waals surface area contributed by atoms with E-state index in [0.29, 0.717) is 17.5 Å². The fourth-order valence-electron chi connectivity index (χ4n) is 8.41. The van der Waals surface area contributed by atoms with E-state index in [1.165, 1.54) is 10.8 Å². The molecule has 0 N–H and O–H groups in total. The minimum atomic E-state index is 0.584. The molecule has 266 valence electrons. The van der Waals surface area contributed by atoms with Crippen molar-refractivity contribution in [3.05, 3.63) is 182 Å². The van der Waals surface area contributed by atoms with Crippen LogP contribution in [0.25, 0.3) is 117 Å². The summed E-state index contributed by atoms with van der Waals surface area (Å²) in [6.45, 7) is 0. The molecule has 0 fully saturated rings. The zero-order valence-electron chi connectivity index (χ0n) is 30.4. The summed E-state index contributed by atoms with van der Waals surface area (Å²) in [5, 5.41) is 6.79. The molecule has 0 radical (unpaired) electrons. The molecule has 0 saturated carbocycles. The summed E-state index contributed by atoms with van der Waals surface area (Å²) in [7, 11) is 0. The summed E-state index contributed by atoms with van der Waals surface area (Å²) in [6.07, 6.45) is 0. The van der Waals surface area contributed by atoms with Gasteiger partial charge >= 0.3 is 0 Å². The summed E-state index contributed by atoms with van der Waals surface area (Å²) in [5.74, 6) is 1.79. The monoisotopic (exact) mass is 730 g/mol. The topological polar surface area (TPSA) is 69.9 Å². The third kappa shape index (κ3) is 5.01. The van der Waals surface area contributed by atoms with Crippen LogP contribution in [0.1, 0.15) is 0 Å². The normalized spacial score (nSPS) is 11.9. The molecular weight excluding hydrogens is 701 g/mol. The van der Waals surface area contributed by atoms with E-state index in [2.05, 4.69) is 114 Å². The lowest BCUT2D eigenvalue weighted by Gasteiger charge is -2.11. The Hall–Kier alpha value is -7.83. The minimum Gasteiger partial charge on any atom is -0.456 e. The van der Waals surface area contributed by atoms with Gasteiger partial charge in [-0.15, -0.1) is 0 Å². The molecule has 0 unspecified atom stereocenters. The Morgan fingerprint density at radius 3 is 1.68 bits per heavy atom. The molecule has 12 rings (SSSR count). The smallest absolute Gasteiger partial charge is 0.164 e. The van der Waals surface area contributed by atoms with Crippen molar-refractivity contribution in [2.45, 2.75) is 0 Å². The number of para-hydroxylation sites is 3. The summed E-state index contributed by atoms with van der Waals surface area (Å²) in [5.41, 5.74) is 11.7. The van der Waals surface area contributed by atoms with E-state index in [-0.39, 0.29) is 0 Å². The molecule has 12 aromatic rings. The molecule has 4 heterocycles. The number of furan rings is 2. The van der Waals surface area contributed by atoms with Crippen LogP contribution in [0.3, 0.4) is 0 Å². The summed E-state index contributed by atoms with van der Waals surface area (Å²) < 4.78 is 14.9. The van der Waals surface area contributed by atoms with Gasteiger partial charge in [0.2, 0.25) is 0 Å². The van der Waals surface area contributed by atoms with Gasteiger partial charge in [-0.25, -0.2) is 15.0 Å². The SMILES string of the molecule is c1ccc(-c2nc(-c3ccc(-n4c5ccccc5c5ccc(-c6cccc7oc8ccccc8c67)cc54)cc3)nc(-c3ccc4c(c3)oc3ccccc34)n2)cc1. The van der Waals surface area contributed by atoms with Crippen molar-refractivity contribution in [3.8, 4) is 51.0 Å². The lowest BCUT2D eigenvalue weighted by atomic mass is 9.98. The molecule has 0 aliphatic carbocycles. The Labute approximate surface area is 325 Å². The summed E-state index contributed by atoms with van der Waals surface area (Å²) >= 11 is 0. The largest absolute Gasteiger partial charge is 0.456 e. The highest BCUT2D eigenvalue weighted by Gasteiger charge is 2.18. The maximum Gasteiger partial charge on any atom is 0.164 e. The Morgan fingerprint density at radius 2 is 0.877 bits per heavy atom. The van der Waals surface area contributed by atoms with Gasteiger partial charge in [-0.3, -0.25) is 0 Å². The van der Waals surface area contributed by atoms with Gasteiger partial charge in [0.1, 0.15) is 22.3 Å². The standard InChI is InChI=1S/C51H30N4O2/c1-2-11-31(12-3-1)49-52-50(54-51(53-49)34-24-28-40-39-14-5-8-18-44(39)57-47(40)30-34)32-21-25-35(26-22-32)55-42-17-7-4-13-37(42)38-27-23-33(29-43(38)55)36-16-10-20-46-48(36)41-15-6-9-19-45(41)56-46/h1-30H. The van der Waals surface area contributed by atoms with Gasteiger partial charge in [0, 0.05) is 54.7 Å². The van der Waals surface area contributed by atoms with Crippen molar-refractivity contribution in [1.29, 1.82) is 0 Å². The van der Waals surface area contributed by atoms with E-state index < -0.39 is 0 Å². The Bertz CT molecular complexity index is 3520. The number of hydrogen-bond acceptors (Lipinski definition) is 5. The number of hydrogen-bond donors (Lipinski definition) is 0. The predicted octanol–water partition coefficient (Wildman–Crippen LogP) is 13.4. The Morgan fingerprint density at radius 1 is 0.333 bits per heavy atom. The third-order valence-corrected chi connectivity index (χ3v) is 11.1. The van der Waals surface area contributed by atoms with E-state index in [1.807, 2.05) is 72.8 Å². The molecule has 6 heteroatoms. The van der Waals surface area contributed by atoms with Gasteiger partial charge in [0.05, 0.1) is 11.0 Å². The average Bonchev–Trinajstić information content (AvgIpc) is 3.95. The zero-order chi connectivity index (χ0) is 37.5. The van der Waals surface area contributed by atoms with Crippen molar-refractivity contribution in [2.75, 3.05) is 0 Å². The second-order valence-electron chi connectivity index (χ2n) is 14.4. The summed E-state index contributed by atoms with van der Waals surface area (Å²) in [4.78, 5) is 15.1. The maximum absolute atomic E-state index is 6.26. The van der Waals surface area contributed by atoms with Crippen molar-refractivity contribution in [1.82, 2.24) is 19.5 Å². The third-order valence-electron chi connectivity index (χ3n) is 11.1. The number of benzene rings is 8. The van der Waals surface area contributed by atoms with Crippen LogP contribution < -0.4 is 0 Å². The van der Waals surface area contributed by atoms with Gasteiger partial charge < -0.3 is 13.4 Å². The van der Waals surface area contributed by atoms with Crippen molar-refractivity contribution in [2.24, 2.45) is 0 Å². The molecule has 4 aromatic heterocycles. The van der Waals surface area contributed by atoms with E-state index in [9.17, 15) is 0 Å². The summed E-state index contributed by atoms with van der Waals surface area (Å²) in [6, 6.07) is 62.8. The quantitative estimate of drug-likeness (QED) is 0.176. The average molecular weight is 731 g/mol. The zero-order valence-corrected chi connectivity index (χ0v) is 30.4. The van der Waals surface area contributed by atoms with Crippen molar-refractivity contribution in [3.63, 3.8) is 0 Å². The van der Waals surface area contributed by atoms with Crippen LogP contribution in [0.15, 0.2) is 191 Å². The molecule has 0 amide bonds. The lowest BCUT2D eigenvalue weighted by Crippen LogP contribution is -2.00. The molecule has 8 aromatic carbocycles. The number of fused-ring (bicyclic) bond motifs is 9. The molecule has 0 bridgehead atoms. The second kappa shape index (κ2) is 12.3. The van der Waals surface area contributed by atoms with Crippen LogP contribution in [0, 0.1) is 0 Å². The molecule has 57 heavy (non-hydrogen) atoms. The van der Waals surface area contributed by atoms with E-state index in [1.54, 1.807) is 0 Å². The number of nitrogens with zero attached hydrogens (tertiary/aromatic N) is 4.